The molecule has 1 fully saturated rings. The van der Waals surface area contributed by atoms with Crippen molar-refractivity contribution >= 4 is 33.4 Å². The van der Waals surface area contributed by atoms with E-state index in [9.17, 15) is 14.0 Å². The first-order chi connectivity index (χ1) is 8.06. The molecule has 1 heterocycles. The van der Waals surface area contributed by atoms with Gasteiger partial charge < -0.3 is 10.6 Å². The van der Waals surface area contributed by atoms with Crippen LogP contribution in [0.1, 0.15) is 12.8 Å². The molecule has 6 heteroatoms. The van der Waals surface area contributed by atoms with Gasteiger partial charge >= 0.3 is 0 Å². The van der Waals surface area contributed by atoms with Crippen molar-refractivity contribution in [3.8, 4) is 0 Å². The number of anilines is 1. The van der Waals surface area contributed by atoms with E-state index in [-0.39, 0.29) is 11.6 Å². The number of nitrogens with one attached hydrogen (secondary N) is 2. The summed E-state index contributed by atoms with van der Waals surface area (Å²) >= 11 is 3.19. The fourth-order valence-corrected chi connectivity index (χ4v) is 1.98. The summed E-state index contributed by atoms with van der Waals surface area (Å²) in [5.41, 5.74) is 0.102. The summed E-state index contributed by atoms with van der Waals surface area (Å²) in [4.78, 5) is 22.7. The lowest BCUT2D eigenvalue weighted by Crippen LogP contribution is -2.37. The minimum atomic E-state index is -0.569. The molecular formula is C11H10BrFN2O2. The van der Waals surface area contributed by atoms with Gasteiger partial charge in [-0.3, -0.25) is 9.59 Å². The van der Waals surface area contributed by atoms with Crippen LogP contribution in [0.4, 0.5) is 10.1 Å². The second kappa shape index (κ2) is 4.83. The van der Waals surface area contributed by atoms with Crippen LogP contribution in [-0.2, 0) is 9.59 Å². The highest BCUT2D eigenvalue weighted by molar-refractivity contribution is 9.10. The van der Waals surface area contributed by atoms with E-state index in [1.807, 2.05) is 0 Å². The summed E-state index contributed by atoms with van der Waals surface area (Å²) in [7, 11) is 0. The SMILES string of the molecule is O=C1CCC(C(=O)Nc2cc(Br)ccc2F)N1. The van der Waals surface area contributed by atoms with E-state index < -0.39 is 17.8 Å². The van der Waals surface area contributed by atoms with E-state index in [1.54, 1.807) is 6.07 Å². The molecule has 0 spiro atoms. The molecule has 1 aliphatic rings. The van der Waals surface area contributed by atoms with Crippen LogP contribution in [0.15, 0.2) is 22.7 Å². The molecule has 2 amide bonds. The Morgan fingerprint density at radius 1 is 1.53 bits per heavy atom. The topological polar surface area (TPSA) is 58.2 Å². The van der Waals surface area contributed by atoms with Crippen molar-refractivity contribution in [3.05, 3.63) is 28.5 Å². The average molecular weight is 301 g/mol. The molecule has 1 atom stereocenters. The van der Waals surface area contributed by atoms with E-state index >= 15 is 0 Å². The van der Waals surface area contributed by atoms with Crippen LogP contribution in [-0.4, -0.2) is 17.9 Å². The summed E-state index contributed by atoms with van der Waals surface area (Å²) in [6, 6.07) is 3.71. The first-order valence-electron chi connectivity index (χ1n) is 5.11. The van der Waals surface area contributed by atoms with Crippen molar-refractivity contribution in [1.82, 2.24) is 5.32 Å². The number of benzene rings is 1. The second-order valence-electron chi connectivity index (χ2n) is 3.77. The first-order valence-corrected chi connectivity index (χ1v) is 5.91. The van der Waals surface area contributed by atoms with Crippen molar-refractivity contribution in [3.63, 3.8) is 0 Å². The fraction of sp³-hybridized carbons (Fsp3) is 0.273. The van der Waals surface area contributed by atoms with E-state index in [0.717, 1.165) is 0 Å². The van der Waals surface area contributed by atoms with Gasteiger partial charge in [0.1, 0.15) is 11.9 Å². The number of rotatable bonds is 2. The molecule has 17 heavy (non-hydrogen) atoms. The Morgan fingerprint density at radius 2 is 2.29 bits per heavy atom. The van der Waals surface area contributed by atoms with Crippen LogP contribution in [0.3, 0.4) is 0 Å². The Hall–Kier alpha value is -1.43. The highest BCUT2D eigenvalue weighted by atomic mass is 79.9. The second-order valence-corrected chi connectivity index (χ2v) is 4.69. The molecule has 1 aromatic rings. The third kappa shape index (κ3) is 2.82. The first kappa shape index (κ1) is 12.0. The zero-order valence-corrected chi connectivity index (χ0v) is 10.4. The molecule has 0 bridgehead atoms. The quantitative estimate of drug-likeness (QED) is 0.875. The number of carbonyl (C=O) groups is 2. The van der Waals surface area contributed by atoms with Crippen molar-refractivity contribution in [2.75, 3.05) is 5.32 Å². The Balaban J connectivity index is 2.07. The van der Waals surface area contributed by atoms with E-state index in [4.69, 9.17) is 0 Å². The molecule has 90 valence electrons. The fourth-order valence-electron chi connectivity index (χ4n) is 1.62. The average Bonchev–Trinajstić information content (AvgIpc) is 2.70. The monoisotopic (exact) mass is 300 g/mol. The largest absolute Gasteiger partial charge is 0.344 e. The lowest BCUT2D eigenvalue weighted by atomic mass is 10.2. The van der Waals surface area contributed by atoms with Crippen LogP contribution in [0, 0.1) is 5.82 Å². The number of halogens is 2. The lowest BCUT2D eigenvalue weighted by Gasteiger charge is -2.11. The summed E-state index contributed by atoms with van der Waals surface area (Å²) < 4.78 is 14.0. The number of carbonyl (C=O) groups excluding carboxylic acids is 2. The van der Waals surface area contributed by atoms with Crippen LogP contribution >= 0.6 is 15.9 Å². The Bertz CT molecular complexity index is 479. The molecule has 2 rings (SSSR count). The smallest absolute Gasteiger partial charge is 0.247 e. The van der Waals surface area contributed by atoms with Crippen molar-refractivity contribution in [2.24, 2.45) is 0 Å². The van der Waals surface area contributed by atoms with Gasteiger partial charge in [-0.25, -0.2) is 4.39 Å². The Morgan fingerprint density at radius 3 is 2.94 bits per heavy atom. The van der Waals surface area contributed by atoms with Gasteiger partial charge in [0.15, 0.2) is 0 Å². The summed E-state index contributed by atoms with van der Waals surface area (Å²) in [6.45, 7) is 0. The number of amides is 2. The standard InChI is InChI=1S/C11H10BrFN2O2/c12-6-1-2-7(13)9(5-6)15-11(17)8-3-4-10(16)14-8/h1-2,5,8H,3-4H2,(H,14,16)(H,15,17). The lowest BCUT2D eigenvalue weighted by molar-refractivity contribution is -0.122. The van der Waals surface area contributed by atoms with Gasteiger partial charge in [0.2, 0.25) is 11.8 Å². The van der Waals surface area contributed by atoms with Gasteiger partial charge in [0.25, 0.3) is 0 Å². The molecular weight excluding hydrogens is 291 g/mol. The molecule has 0 aliphatic carbocycles. The molecule has 1 aliphatic heterocycles. The Labute approximate surface area is 106 Å². The van der Waals surface area contributed by atoms with Crippen LogP contribution in [0.5, 0.6) is 0 Å². The molecule has 0 aromatic heterocycles. The predicted octanol–water partition coefficient (Wildman–Crippen LogP) is 1.81. The van der Waals surface area contributed by atoms with Gasteiger partial charge in [-0.15, -0.1) is 0 Å². The van der Waals surface area contributed by atoms with Crippen molar-refractivity contribution in [1.29, 1.82) is 0 Å². The maximum Gasteiger partial charge on any atom is 0.247 e. The molecule has 0 radical (unpaired) electrons. The maximum atomic E-state index is 13.4. The normalized spacial score (nSPS) is 18.9. The summed E-state index contributed by atoms with van der Waals surface area (Å²) in [5, 5.41) is 4.98. The van der Waals surface area contributed by atoms with Crippen molar-refractivity contribution < 1.29 is 14.0 Å². The zero-order chi connectivity index (χ0) is 12.4. The summed E-state index contributed by atoms with van der Waals surface area (Å²) in [5.74, 6) is -1.06. The Kier molecular flexibility index (Phi) is 3.42. The zero-order valence-electron chi connectivity index (χ0n) is 8.80. The van der Waals surface area contributed by atoms with Gasteiger partial charge in [0, 0.05) is 10.9 Å². The van der Waals surface area contributed by atoms with Gasteiger partial charge in [-0.2, -0.15) is 0 Å². The van der Waals surface area contributed by atoms with Gasteiger partial charge in [0.05, 0.1) is 5.69 Å². The van der Waals surface area contributed by atoms with Crippen LogP contribution in [0.2, 0.25) is 0 Å². The summed E-state index contributed by atoms with van der Waals surface area (Å²) in [6.07, 6.45) is 0.777. The van der Waals surface area contributed by atoms with E-state index in [2.05, 4.69) is 26.6 Å². The minimum absolute atomic E-state index is 0.102. The molecule has 1 unspecified atom stereocenters. The maximum absolute atomic E-state index is 13.4. The number of hydrogen-bond acceptors (Lipinski definition) is 2. The number of hydrogen-bond donors (Lipinski definition) is 2. The third-order valence-electron chi connectivity index (χ3n) is 2.50. The van der Waals surface area contributed by atoms with Gasteiger partial charge in [-0.05, 0) is 24.6 Å². The molecule has 0 saturated carbocycles. The molecule has 2 N–H and O–H groups in total. The molecule has 1 aromatic carbocycles. The van der Waals surface area contributed by atoms with E-state index in [1.165, 1.54) is 12.1 Å². The van der Waals surface area contributed by atoms with E-state index in [0.29, 0.717) is 17.3 Å². The van der Waals surface area contributed by atoms with Crippen LogP contribution in [0.25, 0.3) is 0 Å². The third-order valence-corrected chi connectivity index (χ3v) is 2.99. The predicted molar refractivity (Wildman–Crippen MR) is 63.9 cm³/mol. The highest BCUT2D eigenvalue weighted by Crippen LogP contribution is 2.20. The molecule has 1 saturated heterocycles. The molecule has 4 nitrogen and oxygen atoms in total. The highest BCUT2D eigenvalue weighted by Gasteiger charge is 2.27. The minimum Gasteiger partial charge on any atom is -0.344 e. The van der Waals surface area contributed by atoms with Gasteiger partial charge in [-0.1, -0.05) is 15.9 Å². The van der Waals surface area contributed by atoms with Crippen LogP contribution < -0.4 is 10.6 Å². The van der Waals surface area contributed by atoms with Crippen molar-refractivity contribution in [2.45, 2.75) is 18.9 Å².